The van der Waals surface area contributed by atoms with Gasteiger partial charge in [0.1, 0.15) is 0 Å². The third-order valence-corrected chi connectivity index (χ3v) is 4.96. The molecule has 0 saturated carbocycles. The van der Waals surface area contributed by atoms with Crippen LogP contribution in [0.15, 0.2) is 53.6 Å². The Bertz CT molecular complexity index is 1100. The van der Waals surface area contributed by atoms with Crippen LogP contribution in [0.4, 0.5) is 29.2 Å². The van der Waals surface area contributed by atoms with Crippen molar-refractivity contribution in [2.24, 2.45) is 5.10 Å². The monoisotopic (exact) mass is 438 g/mol. The van der Waals surface area contributed by atoms with Crippen molar-refractivity contribution in [2.45, 2.75) is 12.8 Å². The van der Waals surface area contributed by atoms with E-state index in [-0.39, 0.29) is 11.6 Å². The van der Waals surface area contributed by atoms with Crippen LogP contribution in [0.3, 0.4) is 0 Å². The van der Waals surface area contributed by atoms with Crippen LogP contribution in [0.1, 0.15) is 18.4 Å². The molecule has 0 unspecified atom stereocenters. The van der Waals surface area contributed by atoms with Gasteiger partial charge in [-0.3, -0.25) is 10.1 Å². The van der Waals surface area contributed by atoms with Gasteiger partial charge in [0.15, 0.2) is 0 Å². The topological polar surface area (TPSA) is 121 Å². The van der Waals surface area contributed by atoms with Crippen LogP contribution in [-0.4, -0.2) is 39.2 Å². The Balaban J connectivity index is 1.56. The molecule has 1 saturated heterocycles. The number of nitrogens with one attached hydrogen (secondary N) is 2. The average Bonchev–Trinajstić information content (AvgIpc) is 3.30. The van der Waals surface area contributed by atoms with Crippen LogP contribution >= 0.6 is 11.6 Å². The van der Waals surface area contributed by atoms with E-state index in [2.05, 4.69) is 35.7 Å². The summed E-state index contributed by atoms with van der Waals surface area (Å²) in [5.74, 6) is 1.11. The van der Waals surface area contributed by atoms with Crippen LogP contribution in [0.2, 0.25) is 5.02 Å². The Labute approximate surface area is 183 Å². The average molecular weight is 439 g/mol. The fraction of sp³-hybridized carbons (Fsp3) is 0.200. The summed E-state index contributed by atoms with van der Waals surface area (Å²) in [5.41, 5.74) is 4.22. The van der Waals surface area contributed by atoms with Gasteiger partial charge in [-0.1, -0.05) is 29.8 Å². The molecular formula is C20H19ClN8O2. The molecule has 1 aliphatic heterocycles. The number of nitrogens with zero attached hydrogens (tertiary/aromatic N) is 6. The van der Waals surface area contributed by atoms with E-state index in [1.165, 1.54) is 12.1 Å². The van der Waals surface area contributed by atoms with E-state index in [9.17, 15) is 10.1 Å². The van der Waals surface area contributed by atoms with Crippen LogP contribution in [0, 0.1) is 10.1 Å². The largest absolute Gasteiger partial charge is 0.341 e. The molecule has 0 amide bonds. The van der Waals surface area contributed by atoms with Crippen LogP contribution in [0.5, 0.6) is 0 Å². The summed E-state index contributed by atoms with van der Waals surface area (Å²) in [4.78, 5) is 25.8. The van der Waals surface area contributed by atoms with Crippen LogP contribution < -0.4 is 15.6 Å². The van der Waals surface area contributed by atoms with E-state index in [0.29, 0.717) is 22.6 Å². The Morgan fingerprint density at radius 3 is 2.45 bits per heavy atom. The smallest absolute Gasteiger partial charge is 0.269 e. The van der Waals surface area contributed by atoms with Crippen molar-refractivity contribution in [3.8, 4) is 0 Å². The van der Waals surface area contributed by atoms with Crippen molar-refractivity contribution in [3.05, 3.63) is 69.2 Å². The quantitative estimate of drug-likeness (QED) is 0.319. The molecule has 0 spiro atoms. The van der Waals surface area contributed by atoms with E-state index < -0.39 is 4.92 Å². The van der Waals surface area contributed by atoms with Crippen molar-refractivity contribution >= 4 is 47.0 Å². The first kappa shape index (κ1) is 20.5. The van der Waals surface area contributed by atoms with Gasteiger partial charge in [-0.25, -0.2) is 5.43 Å². The molecule has 11 heteroatoms. The zero-order valence-corrected chi connectivity index (χ0v) is 17.2. The Morgan fingerprint density at radius 1 is 1.03 bits per heavy atom. The van der Waals surface area contributed by atoms with Crippen molar-refractivity contribution in [2.75, 3.05) is 28.7 Å². The highest BCUT2D eigenvalue weighted by Gasteiger charge is 2.17. The summed E-state index contributed by atoms with van der Waals surface area (Å²) >= 11 is 6.14. The summed E-state index contributed by atoms with van der Waals surface area (Å²) < 4.78 is 0. The molecular weight excluding hydrogens is 420 g/mol. The minimum absolute atomic E-state index is 0.00946. The number of rotatable bonds is 7. The van der Waals surface area contributed by atoms with Gasteiger partial charge in [0, 0.05) is 41.5 Å². The number of hydrogen-bond donors (Lipinski definition) is 2. The summed E-state index contributed by atoms with van der Waals surface area (Å²) in [6.07, 6.45) is 3.74. The second-order valence-electron chi connectivity index (χ2n) is 6.80. The lowest BCUT2D eigenvalue weighted by molar-refractivity contribution is -0.384. The van der Waals surface area contributed by atoms with E-state index in [0.717, 1.165) is 31.5 Å². The molecule has 0 bridgehead atoms. The second kappa shape index (κ2) is 9.35. The predicted molar refractivity (Wildman–Crippen MR) is 120 cm³/mol. The van der Waals surface area contributed by atoms with Crippen molar-refractivity contribution in [3.63, 3.8) is 0 Å². The summed E-state index contributed by atoms with van der Waals surface area (Å²) in [6, 6.07) is 13.4. The Hall–Kier alpha value is -3.79. The Kier molecular flexibility index (Phi) is 6.18. The van der Waals surface area contributed by atoms with Gasteiger partial charge in [-0.15, -0.1) is 0 Å². The molecule has 31 heavy (non-hydrogen) atoms. The zero-order chi connectivity index (χ0) is 21.6. The third kappa shape index (κ3) is 5.23. The normalized spacial score (nSPS) is 13.5. The molecule has 0 aliphatic carbocycles. The lowest BCUT2D eigenvalue weighted by Crippen LogP contribution is -2.21. The lowest BCUT2D eigenvalue weighted by atomic mass is 10.2. The highest BCUT2D eigenvalue weighted by atomic mass is 35.5. The highest BCUT2D eigenvalue weighted by molar-refractivity contribution is 6.33. The number of halogens is 1. The molecule has 0 atom stereocenters. The Morgan fingerprint density at radius 2 is 1.74 bits per heavy atom. The van der Waals surface area contributed by atoms with Gasteiger partial charge >= 0.3 is 0 Å². The van der Waals surface area contributed by atoms with Crippen molar-refractivity contribution in [1.82, 2.24) is 15.0 Å². The van der Waals surface area contributed by atoms with Crippen LogP contribution in [-0.2, 0) is 0 Å². The summed E-state index contributed by atoms with van der Waals surface area (Å²) in [7, 11) is 0. The number of anilines is 4. The fourth-order valence-corrected chi connectivity index (χ4v) is 3.25. The second-order valence-corrected chi connectivity index (χ2v) is 7.20. The molecule has 2 aromatic carbocycles. The maximum atomic E-state index is 10.8. The molecule has 10 nitrogen and oxygen atoms in total. The molecule has 1 aromatic heterocycles. The standard InChI is InChI=1S/C20H19ClN8O2/c21-17-6-2-1-5-14(17)13-22-27-19-24-18(25-20(26-19)28-11-3-4-12-28)23-15-7-9-16(10-8-15)29(30)31/h1-2,5-10,13H,3-4,11-12H2,(H2,23,24,25,26,27)/b22-13+. The lowest BCUT2D eigenvalue weighted by Gasteiger charge is -2.16. The van der Waals surface area contributed by atoms with E-state index >= 15 is 0 Å². The number of aromatic nitrogens is 3. The van der Waals surface area contributed by atoms with Gasteiger partial charge < -0.3 is 10.2 Å². The van der Waals surface area contributed by atoms with Gasteiger partial charge in [-0.2, -0.15) is 20.1 Å². The summed E-state index contributed by atoms with van der Waals surface area (Å²) in [5, 5.41) is 18.7. The first-order valence-electron chi connectivity index (χ1n) is 9.64. The maximum absolute atomic E-state index is 10.8. The molecule has 4 rings (SSSR count). The predicted octanol–water partition coefficient (Wildman–Crippen LogP) is 4.22. The molecule has 1 aliphatic rings. The first-order valence-corrected chi connectivity index (χ1v) is 10.0. The molecule has 0 radical (unpaired) electrons. The number of hydrogen-bond acceptors (Lipinski definition) is 9. The van der Waals surface area contributed by atoms with E-state index in [4.69, 9.17) is 11.6 Å². The van der Waals surface area contributed by atoms with Crippen molar-refractivity contribution < 1.29 is 4.92 Å². The maximum Gasteiger partial charge on any atom is 0.269 e. The number of nitro benzene ring substituents is 1. The number of non-ortho nitro benzene ring substituents is 1. The summed E-state index contributed by atoms with van der Waals surface area (Å²) in [6.45, 7) is 1.73. The third-order valence-electron chi connectivity index (χ3n) is 4.62. The SMILES string of the molecule is O=[N+]([O-])c1ccc(Nc2nc(N/N=C/c3ccccc3Cl)nc(N3CCCC3)n2)cc1. The van der Waals surface area contributed by atoms with Gasteiger partial charge in [0.2, 0.25) is 17.8 Å². The first-order chi connectivity index (χ1) is 15.1. The number of nitro groups is 1. The minimum Gasteiger partial charge on any atom is -0.341 e. The number of hydrazone groups is 1. The van der Waals surface area contributed by atoms with Crippen molar-refractivity contribution in [1.29, 1.82) is 0 Å². The van der Waals surface area contributed by atoms with Crippen LogP contribution in [0.25, 0.3) is 0 Å². The molecule has 1 fully saturated rings. The molecule has 3 aromatic rings. The number of benzene rings is 2. The van der Waals surface area contributed by atoms with Gasteiger partial charge in [-0.05, 0) is 31.0 Å². The van der Waals surface area contributed by atoms with E-state index in [1.54, 1.807) is 24.4 Å². The molecule has 2 heterocycles. The fourth-order valence-electron chi connectivity index (χ4n) is 3.06. The minimum atomic E-state index is -0.447. The highest BCUT2D eigenvalue weighted by Crippen LogP contribution is 2.22. The zero-order valence-electron chi connectivity index (χ0n) is 16.4. The van der Waals surface area contributed by atoms with Gasteiger partial charge in [0.25, 0.3) is 5.69 Å². The molecule has 158 valence electrons. The van der Waals surface area contributed by atoms with E-state index in [1.807, 2.05) is 18.2 Å². The molecule has 2 N–H and O–H groups in total. The van der Waals surface area contributed by atoms with Gasteiger partial charge in [0.05, 0.1) is 11.1 Å².